The molecule has 0 N–H and O–H groups in total. The molecule has 1 aromatic heterocycles. The predicted octanol–water partition coefficient (Wildman–Crippen LogP) is 5.20. The van der Waals surface area contributed by atoms with Gasteiger partial charge in [0, 0.05) is 15.2 Å². The molecule has 1 heterocycles. The van der Waals surface area contributed by atoms with Crippen molar-refractivity contribution in [3.8, 4) is 0 Å². The molecule has 0 spiro atoms. The van der Waals surface area contributed by atoms with E-state index < -0.39 is 0 Å². The second-order valence-electron chi connectivity index (χ2n) is 4.13. The Hall–Kier alpha value is -0.310. The Morgan fingerprint density at radius 2 is 1.88 bits per heavy atom. The Bertz CT molecular complexity index is 436. The van der Waals surface area contributed by atoms with E-state index in [1.807, 2.05) is 23.5 Å². The van der Waals surface area contributed by atoms with Crippen molar-refractivity contribution in [2.45, 2.75) is 12.8 Å². The highest BCUT2D eigenvalue weighted by Gasteiger charge is 2.10. The average molecular weight is 330 g/mol. The first-order valence-corrected chi connectivity index (χ1v) is 7.98. The molecule has 0 amide bonds. The number of benzene rings is 1. The largest absolute Gasteiger partial charge is 0.149 e. The highest BCUT2D eigenvalue weighted by atomic mass is 79.9. The lowest BCUT2D eigenvalue weighted by atomic mass is 9.97. The first-order valence-electron chi connectivity index (χ1n) is 5.60. The lowest BCUT2D eigenvalue weighted by Gasteiger charge is -2.13. The maximum absolute atomic E-state index is 5.89. The van der Waals surface area contributed by atoms with Gasteiger partial charge >= 0.3 is 0 Å². The summed E-state index contributed by atoms with van der Waals surface area (Å²) in [5.41, 5.74) is 1.36. The topological polar surface area (TPSA) is 0 Å². The normalized spacial score (nSPS) is 12.6. The Labute approximate surface area is 120 Å². The van der Waals surface area contributed by atoms with E-state index in [0.717, 1.165) is 23.2 Å². The van der Waals surface area contributed by atoms with Crippen molar-refractivity contribution in [1.29, 1.82) is 0 Å². The highest BCUT2D eigenvalue weighted by Crippen LogP contribution is 2.20. The van der Waals surface area contributed by atoms with Crippen LogP contribution in [0.4, 0.5) is 0 Å². The standard InChI is InChI=1S/C14H14BrClS/c15-10-12(9-14-2-1-7-17-14)8-11-3-5-13(16)6-4-11/h1-7,12H,8-10H2. The van der Waals surface area contributed by atoms with Gasteiger partial charge in [-0.15, -0.1) is 11.3 Å². The van der Waals surface area contributed by atoms with Crippen LogP contribution in [0.1, 0.15) is 10.4 Å². The number of halogens is 2. The number of hydrogen-bond donors (Lipinski definition) is 0. The van der Waals surface area contributed by atoms with Crippen molar-refractivity contribution in [2.24, 2.45) is 5.92 Å². The van der Waals surface area contributed by atoms with Crippen LogP contribution in [0, 0.1) is 5.92 Å². The minimum absolute atomic E-state index is 0.648. The smallest absolute Gasteiger partial charge is 0.0406 e. The van der Waals surface area contributed by atoms with E-state index in [2.05, 4.69) is 45.6 Å². The molecular weight excluding hydrogens is 316 g/mol. The van der Waals surface area contributed by atoms with E-state index in [9.17, 15) is 0 Å². The summed E-state index contributed by atoms with van der Waals surface area (Å²) in [4.78, 5) is 1.46. The minimum atomic E-state index is 0.648. The van der Waals surface area contributed by atoms with E-state index in [1.165, 1.54) is 10.4 Å². The SMILES string of the molecule is Clc1ccc(CC(CBr)Cc2cccs2)cc1. The van der Waals surface area contributed by atoms with Crippen LogP contribution in [0.25, 0.3) is 0 Å². The number of thiophene rings is 1. The molecule has 0 saturated heterocycles. The molecule has 1 unspecified atom stereocenters. The zero-order valence-corrected chi connectivity index (χ0v) is 12.6. The van der Waals surface area contributed by atoms with E-state index in [0.29, 0.717) is 5.92 Å². The summed E-state index contributed by atoms with van der Waals surface area (Å²) in [6, 6.07) is 12.5. The summed E-state index contributed by atoms with van der Waals surface area (Å²) in [6.07, 6.45) is 2.24. The molecule has 0 radical (unpaired) electrons. The van der Waals surface area contributed by atoms with Gasteiger partial charge in [0.05, 0.1) is 0 Å². The molecule has 0 aliphatic carbocycles. The molecule has 0 saturated carbocycles. The maximum Gasteiger partial charge on any atom is 0.0406 e. The zero-order chi connectivity index (χ0) is 12.1. The fourth-order valence-electron chi connectivity index (χ4n) is 1.85. The maximum atomic E-state index is 5.89. The van der Waals surface area contributed by atoms with Gasteiger partial charge < -0.3 is 0 Å². The molecule has 1 aromatic carbocycles. The van der Waals surface area contributed by atoms with Crippen LogP contribution in [-0.2, 0) is 12.8 Å². The van der Waals surface area contributed by atoms with Gasteiger partial charge in [-0.2, -0.15) is 0 Å². The van der Waals surface area contributed by atoms with Crippen LogP contribution in [0.2, 0.25) is 5.02 Å². The molecule has 2 aromatic rings. The fraction of sp³-hybridized carbons (Fsp3) is 0.286. The monoisotopic (exact) mass is 328 g/mol. The average Bonchev–Trinajstić information content (AvgIpc) is 2.84. The van der Waals surface area contributed by atoms with Crippen LogP contribution in [0.3, 0.4) is 0 Å². The van der Waals surface area contributed by atoms with Gasteiger partial charge in [-0.1, -0.05) is 45.7 Å². The van der Waals surface area contributed by atoms with Crippen molar-refractivity contribution < 1.29 is 0 Å². The quantitative estimate of drug-likeness (QED) is 0.662. The molecule has 0 aliphatic heterocycles. The van der Waals surface area contributed by atoms with Crippen LogP contribution < -0.4 is 0 Å². The predicted molar refractivity (Wildman–Crippen MR) is 80.5 cm³/mol. The molecule has 90 valence electrons. The van der Waals surface area contributed by atoms with Crippen molar-refractivity contribution in [2.75, 3.05) is 5.33 Å². The Morgan fingerprint density at radius 1 is 1.12 bits per heavy atom. The van der Waals surface area contributed by atoms with Gasteiger partial charge in [0.2, 0.25) is 0 Å². The Kier molecular flexibility index (Phi) is 5.08. The summed E-state index contributed by atoms with van der Waals surface area (Å²) < 4.78 is 0. The summed E-state index contributed by atoms with van der Waals surface area (Å²) >= 11 is 11.3. The number of hydrogen-bond acceptors (Lipinski definition) is 1. The molecule has 17 heavy (non-hydrogen) atoms. The molecule has 1 atom stereocenters. The molecule has 3 heteroatoms. The lowest BCUT2D eigenvalue weighted by molar-refractivity contribution is 0.596. The third kappa shape index (κ3) is 4.13. The van der Waals surface area contributed by atoms with E-state index in [-0.39, 0.29) is 0 Å². The van der Waals surface area contributed by atoms with Gasteiger partial charge in [-0.25, -0.2) is 0 Å². The first kappa shape index (κ1) is 13.1. The van der Waals surface area contributed by atoms with Gasteiger partial charge in [0.25, 0.3) is 0 Å². The molecular formula is C14H14BrClS. The molecule has 0 bridgehead atoms. The van der Waals surface area contributed by atoms with Crippen molar-refractivity contribution in [3.05, 3.63) is 57.2 Å². The van der Waals surface area contributed by atoms with Crippen molar-refractivity contribution in [3.63, 3.8) is 0 Å². The molecule has 0 aliphatic rings. The van der Waals surface area contributed by atoms with Gasteiger partial charge in [0.15, 0.2) is 0 Å². The summed E-state index contributed by atoms with van der Waals surface area (Å²) in [7, 11) is 0. The Morgan fingerprint density at radius 3 is 2.47 bits per heavy atom. The van der Waals surface area contributed by atoms with Gasteiger partial charge in [0.1, 0.15) is 0 Å². The van der Waals surface area contributed by atoms with Gasteiger partial charge in [-0.3, -0.25) is 0 Å². The second kappa shape index (κ2) is 6.58. The minimum Gasteiger partial charge on any atom is -0.149 e. The third-order valence-corrected chi connectivity index (χ3v) is 4.79. The highest BCUT2D eigenvalue weighted by molar-refractivity contribution is 9.09. The third-order valence-electron chi connectivity index (χ3n) is 2.73. The molecule has 2 rings (SSSR count). The zero-order valence-electron chi connectivity index (χ0n) is 9.40. The van der Waals surface area contributed by atoms with Crippen molar-refractivity contribution >= 4 is 38.9 Å². The van der Waals surface area contributed by atoms with E-state index >= 15 is 0 Å². The van der Waals surface area contributed by atoms with Gasteiger partial charge in [-0.05, 0) is 47.9 Å². The Balaban J connectivity index is 1.97. The lowest BCUT2D eigenvalue weighted by Crippen LogP contribution is -2.09. The molecule has 0 nitrogen and oxygen atoms in total. The van der Waals surface area contributed by atoms with Crippen LogP contribution in [-0.4, -0.2) is 5.33 Å². The first-order chi connectivity index (χ1) is 8.28. The van der Waals surface area contributed by atoms with E-state index in [1.54, 1.807) is 0 Å². The molecule has 0 fully saturated rings. The van der Waals surface area contributed by atoms with E-state index in [4.69, 9.17) is 11.6 Å². The fourth-order valence-corrected chi connectivity index (χ4v) is 3.25. The summed E-state index contributed by atoms with van der Waals surface area (Å²) in [5.74, 6) is 0.648. The second-order valence-corrected chi connectivity index (χ2v) is 6.25. The number of rotatable bonds is 5. The summed E-state index contributed by atoms with van der Waals surface area (Å²) in [5, 5.41) is 3.98. The van der Waals surface area contributed by atoms with Crippen LogP contribution >= 0.6 is 38.9 Å². The van der Waals surface area contributed by atoms with Crippen LogP contribution in [0.5, 0.6) is 0 Å². The summed E-state index contributed by atoms with van der Waals surface area (Å²) in [6.45, 7) is 0. The van der Waals surface area contributed by atoms with Crippen LogP contribution in [0.15, 0.2) is 41.8 Å². The number of alkyl halides is 1. The van der Waals surface area contributed by atoms with Crippen molar-refractivity contribution in [1.82, 2.24) is 0 Å².